The van der Waals surface area contributed by atoms with Gasteiger partial charge in [0.1, 0.15) is 11.9 Å². The molecule has 2 aromatic rings. The van der Waals surface area contributed by atoms with E-state index in [-0.39, 0.29) is 12.0 Å². The first-order chi connectivity index (χ1) is 10.9. The van der Waals surface area contributed by atoms with Crippen LogP contribution in [0.15, 0.2) is 42.5 Å². The summed E-state index contributed by atoms with van der Waals surface area (Å²) in [5.41, 5.74) is 3.09. The fourth-order valence-corrected chi connectivity index (χ4v) is 2.24. The Hall–Kier alpha value is -2.69. The van der Waals surface area contributed by atoms with Gasteiger partial charge in [-0.15, -0.1) is 0 Å². The van der Waals surface area contributed by atoms with Crippen LogP contribution in [0.5, 0.6) is 0 Å². The largest absolute Gasteiger partial charge is 0.480 e. The number of benzene rings is 2. The SMILES string of the molecule is Cc1ccc(C[C@H](NC(=O)c2cccc(F)c2)C(=O)O)cc1C. The predicted molar refractivity (Wildman–Crippen MR) is 84.9 cm³/mol. The van der Waals surface area contributed by atoms with Crippen molar-refractivity contribution < 1.29 is 19.1 Å². The maximum absolute atomic E-state index is 13.2. The van der Waals surface area contributed by atoms with Crippen LogP contribution < -0.4 is 5.32 Å². The smallest absolute Gasteiger partial charge is 0.326 e. The molecule has 0 spiro atoms. The van der Waals surface area contributed by atoms with E-state index in [1.54, 1.807) is 0 Å². The number of carbonyl (C=O) groups excluding carboxylic acids is 1. The van der Waals surface area contributed by atoms with Crippen molar-refractivity contribution in [2.45, 2.75) is 26.3 Å². The van der Waals surface area contributed by atoms with Crippen molar-refractivity contribution in [3.8, 4) is 0 Å². The molecule has 0 saturated heterocycles. The predicted octanol–water partition coefficient (Wildman–Crippen LogP) is 2.87. The molecular weight excluding hydrogens is 297 g/mol. The van der Waals surface area contributed by atoms with Crippen molar-refractivity contribution in [2.75, 3.05) is 0 Å². The lowest BCUT2D eigenvalue weighted by molar-refractivity contribution is -0.139. The standard InChI is InChI=1S/C18H18FNO3/c1-11-6-7-13(8-12(11)2)9-16(18(22)23)20-17(21)14-4-3-5-15(19)10-14/h3-8,10,16H,9H2,1-2H3,(H,20,21)(H,22,23)/t16-/m0/s1. The van der Waals surface area contributed by atoms with Gasteiger partial charge in [0, 0.05) is 12.0 Å². The number of hydrogen-bond donors (Lipinski definition) is 2. The second kappa shape index (κ2) is 7.05. The van der Waals surface area contributed by atoms with Crippen LogP contribution in [0.4, 0.5) is 4.39 Å². The van der Waals surface area contributed by atoms with Crippen LogP contribution in [0.3, 0.4) is 0 Å². The molecule has 2 N–H and O–H groups in total. The van der Waals surface area contributed by atoms with Gasteiger partial charge in [0.05, 0.1) is 0 Å². The zero-order valence-corrected chi connectivity index (χ0v) is 13.0. The first kappa shape index (κ1) is 16.7. The second-order valence-corrected chi connectivity index (χ2v) is 5.50. The highest BCUT2D eigenvalue weighted by Crippen LogP contribution is 2.12. The zero-order valence-electron chi connectivity index (χ0n) is 13.0. The molecule has 0 saturated carbocycles. The van der Waals surface area contributed by atoms with Gasteiger partial charge >= 0.3 is 5.97 Å². The minimum atomic E-state index is -1.13. The topological polar surface area (TPSA) is 66.4 Å². The van der Waals surface area contributed by atoms with Gasteiger partial charge in [-0.05, 0) is 48.7 Å². The van der Waals surface area contributed by atoms with Crippen molar-refractivity contribution in [3.63, 3.8) is 0 Å². The lowest BCUT2D eigenvalue weighted by Gasteiger charge is -2.15. The van der Waals surface area contributed by atoms with Crippen LogP contribution in [0.1, 0.15) is 27.0 Å². The van der Waals surface area contributed by atoms with Gasteiger partial charge in [0.15, 0.2) is 0 Å². The number of amides is 1. The van der Waals surface area contributed by atoms with E-state index in [1.165, 1.54) is 18.2 Å². The summed E-state index contributed by atoms with van der Waals surface area (Å²) in [4.78, 5) is 23.5. The minimum absolute atomic E-state index is 0.0938. The third kappa shape index (κ3) is 4.39. The number of aliphatic carboxylic acids is 1. The Morgan fingerprint density at radius 2 is 1.87 bits per heavy atom. The maximum Gasteiger partial charge on any atom is 0.326 e. The van der Waals surface area contributed by atoms with E-state index >= 15 is 0 Å². The summed E-state index contributed by atoms with van der Waals surface area (Å²) in [6, 6.07) is 9.72. The number of nitrogens with one attached hydrogen (secondary N) is 1. The van der Waals surface area contributed by atoms with Crippen LogP contribution in [0, 0.1) is 19.7 Å². The normalized spacial score (nSPS) is 11.8. The lowest BCUT2D eigenvalue weighted by atomic mass is 10.0. The zero-order chi connectivity index (χ0) is 17.0. The van der Waals surface area contributed by atoms with E-state index in [2.05, 4.69) is 5.32 Å². The van der Waals surface area contributed by atoms with E-state index in [4.69, 9.17) is 0 Å². The molecule has 0 bridgehead atoms. The molecule has 0 fully saturated rings. The molecule has 1 atom stereocenters. The molecule has 0 aliphatic rings. The molecule has 23 heavy (non-hydrogen) atoms. The van der Waals surface area contributed by atoms with Gasteiger partial charge < -0.3 is 10.4 Å². The Balaban J connectivity index is 2.14. The third-order valence-corrected chi connectivity index (χ3v) is 3.70. The molecule has 0 aliphatic heterocycles. The molecule has 0 aliphatic carbocycles. The third-order valence-electron chi connectivity index (χ3n) is 3.70. The number of carboxylic acids is 1. The molecule has 0 unspecified atom stereocenters. The summed E-state index contributed by atoms with van der Waals surface area (Å²) >= 11 is 0. The number of halogens is 1. The molecule has 120 valence electrons. The van der Waals surface area contributed by atoms with Gasteiger partial charge in [0.2, 0.25) is 0 Å². The Morgan fingerprint density at radius 1 is 1.13 bits per heavy atom. The minimum Gasteiger partial charge on any atom is -0.480 e. The van der Waals surface area contributed by atoms with Crippen LogP contribution >= 0.6 is 0 Å². The van der Waals surface area contributed by atoms with E-state index < -0.39 is 23.7 Å². The number of hydrogen-bond acceptors (Lipinski definition) is 2. The molecule has 4 nitrogen and oxygen atoms in total. The molecule has 0 radical (unpaired) electrons. The van der Waals surface area contributed by atoms with Gasteiger partial charge in [-0.3, -0.25) is 4.79 Å². The molecule has 1 amide bonds. The van der Waals surface area contributed by atoms with Gasteiger partial charge in [-0.1, -0.05) is 24.3 Å². The Kier molecular flexibility index (Phi) is 5.11. The monoisotopic (exact) mass is 315 g/mol. The van der Waals surface area contributed by atoms with Gasteiger partial charge in [-0.25, -0.2) is 9.18 Å². The highest BCUT2D eigenvalue weighted by atomic mass is 19.1. The summed E-state index contributed by atoms with van der Waals surface area (Å²) < 4.78 is 13.2. The van der Waals surface area contributed by atoms with Crippen molar-refractivity contribution >= 4 is 11.9 Å². The Labute approximate surface area is 134 Å². The van der Waals surface area contributed by atoms with Crippen molar-refractivity contribution in [1.82, 2.24) is 5.32 Å². The quantitative estimate of drug-likeness (QED) is 0.891. The highest BCUT2D eigenvalue weighted by Gasteiger charge is 2.21. The van der Waals surface area contributed by atoms with E-state index in [1.807, 2.05) is 32.0 Å². The first-order valence-corrected chi connectivity index (χ1v) is 7.22. The average molecular weight is 315 g/mol. The maximum atomic E-state index is 13.2. The molecule has 0 heterocycles. The summed E-state index contributed by atoms with van der Waals surface area (Å²) in [5, 5.41) is 11.8. The molecular formula is C18H18FNO3. The fourth-order valence-electron chi connectivity index (χ4n) is 2.24. The number of carbonyl (C=O) groups is 2. The lowest BCUT2D eigenvalue weighted by Crippen LogP contribution is -2.42. The average Bonchev–Trinajstić information content (AvgIpc) is 2.50. The number of rotatable bonds is 5. The van der Waals surface area contributed by atoms with E-state index in [0.29, 0.717) is 0 Å². The van der Waals surface area contributed by atoms with Crippen molar-refractivity contribution in [3.05, 3.63) is 70.5 Å². The van der Waals surface area contributed by atoms with E-state index in [0.717, 1.165) is 22.8 Å². The van der Waals surface area contributed by atoms with Gasteiger partial charge in [-0.2, -0.15) is 0 Å². The van der Waals surface area contributed by atoms with Crippen LogP contribution in [-0.2, 0) is 11.2 Å². The van der Waals surface area contributed by atoms with Crippen LogP contribution in [-0.4, -0.2) is 23.0 Å². The summed E-state index contributed by atoms with van der Waals surface area (Å²) in [5.74, 6) is -2.28. The second-order valence-electron chi connectivity index (χ2n) is 5.50. The highest BCUT2D eigenvalue weighted by molar-refractivity contribution is 5.96. The summed E-state index contributed by atoms with van der Waals surface area (Å²) in [7, 11) is 0. The first-order valence-electron chi connectivity index (χ1n) is 7.22. The molecule has 0 aromatic heterocycles. The van der Waals surface area contributed by atoms with Gasteiger partial charge in [0.25, 0.3) is 5.91 Å². The fraction of sp³-hybridized carbons (Fsp3) is 0.222. The van der Waals surface area contributed by atoms with Crippen molar-refractivity contribution in [1.29, 1.82) is 0 Å². The van der Waals surface area contributed by atoms with Crippen LogP contribution in [0.25, 0.3) is 0 Å². The molecule has 5 heteroatoms. The van der Waals surface area contributed by atoms with Crippen molar-refractivity contribution in [2.24, 2.45) is 0 Å². The molecule has 2 rings (SSSR count). The molecule has 2 aromatic carbocycles. The number of carboxylic acid groups (broad SMARTS) is 1. The van der Waals surface area contributed by atoms with Crippen LogP contribution in [0.2, 0.25) is 0 Å². The van der Waals surface area contributed by atoms with E-state index in [9.17, 15) is 19.1 Å². The Morgan fingerprint density at radius 3 is 2.48 bits per heavy atom. The summed E-state index contributed by atoms with van der Waals surface area (Å²) in [6.07, 6.45) is 0.164. The Bertz CT molecular complexity index is 743. The summed E-state index contributed by atoms with van der Waals surface area (Å²) in [6.45, 7) is 3.92. The number of aryl methyl sites for hydroxylation is 2.